The summed E-state index contributed by atoms with van der Waals surface area (Å²) in [5.74, 6) is 0.851. The molecule has 1 atom stereocenters. The summed E-state index contributed by atoms with van der Waals surface area (Å²) in [4.78, 5) is 25.3. The van der Waals surface area contributed by atoms with Crippen molar-refractivity contribution in [2.75, 3.05) is 27.8 Å². The molecule has 0 bridgehead atoms. The van der Waals surface area contributed by atoms with Crippen LogP contribution >= 0.6 is 0 Å². The highest BCUT2D eigenvalue weighted by Gasteiger charge is 2.30. The van der Waals surface area contributed by atoms with E-state index in [1.165, 1.54) is 14.2 Å². The van der Waals surface area contributed by atoms with Crippen molar-refractivity contribution in [2.24, 2.45) is 0 Å². The normalized spacial score (nSPS) is 14.5. The molecule has 0 N–H and O–H groups in total. The lowest BCUT2D eigenvalue weighted by Crippen LogP contribution is -2.18. The lowest BCUT2D eigenvalue weighted by molar-refractivity contribution is -0.142. The average molecular weight is 386 g/mol. The molecule has 2 aliphatic heterocycles. The molecular weight excluding hydrogens is 368 g/mol. The Morgan fingerprint density at radius 2 is 1.71 bits per heavy atom. The van der Waals surface area contributed by atoms with Gasteiger partial charge in [-0.1, -0.05) is 0 Å². The maximum Gasteiger partial charge on any atom is 0.313 e. The molecule has 2 aromatic carbocycles. The molecule has 2 aromatic rings. The van der Waals surface area contributed by atoms with E-state index in [9.17, 15) is 9.59 Å². The second-order valence-corrected chi connectivity index (χ2v) is 6.23. The molecule has 2 heterocycles. The Labute approximate surface area is 160 Å². The van der Waals surface area contributed by atoms with Gasteiger partial charge in [-0.3, -0.25) is 9.59 Å². The third-order valence-corrected chi connectivity index (χ3v) is 4.65. The van der Waals surface area contributed by atoms with Gasteiger partial charge >= 0.3 is 5.97 Å². The molecule has 0 radical (unpaired) electrons. The van der Waals surface area contributed by atoms with Crippen LogP contribution in [0.25, 0.3) is 0 Å². The van der Waals surface area contributed by atoms with Crippen molar-refractivity contribution in [3.05, 3.63) is 41.5 Å². The Morgan fingerprint density at radius 3 is 2.50 bits per heavy atom. The molecule has 0 saturated carbocycles. The quantitative estimate of drug-likeness (QED) is 0.553. The number of ether oxygens (including phenoxy) is 6. The zero-order valence-corrected chi connectivity index (χ0v) is 15.4. The van der Waals surface area contributed by atoms with Crippen molar-refractivity contribution in [1.82, 2.24) is 0 Å². The summed E-state index contributed by atoms with van der Waals surface area (Å²) in [6, 6.07) is 8.25. The van der Waals surface area contributed by atoms with Crippen molar-refractivity contribution in [3.8, 4) is 28.7 Å². The Bertz CT molecular complexity index is 936. The Hall–Kier alpha value is -3.42. The predicted octanol–water partition coefficient (Wildman–Crippen LogP) is 2.68. The van der Waals surface area contributed by atoms with Crippen molar-refractivity contribution in [2.45, 2.75) is 12.3 Å². The van der Waals surface area contributed by atoms with Crippen LogP contribution < -0.4 is 23.7 Å². The second kappa shape index (κ2) is 7.30. The Morgan fingerprint density at radius 1 is 0.964 bits per heavy atom. The van der Waals surface area contributed by atoms with Gasteiger partial charge < -0.3 is 28.4 Å². The van der Waals surface area contributed by atoms with Gasteiger partial charge in [-0.25, -0.2) is 0 Å². The summed E-state index contributed by atoms with van der Waals surface area (Å²) in [5.41, 5.74) is 0.966. The second-order valence-electron chi connectivity index (χ2n) is 6.23. The standard InChI is InChI=1S/C20H18O8/c1-23-17-6-12(7-18-19(17)28-10-27-18)13(20(22)24-2)8-14(21)11-3-4-15-16(5-11)26-9-25-15/h3-7,13H,8-10H2,1-2H3. The number of benzene rings is 2. The topological polar surface area (TPSA) is 89.5 Å². The summed E-state index contributed by atoms with van der Waals surface area (Å²) in [7, 11) is 2.77. The van der Waals surface area contributed by atoms with Crippen LogP contribution in [0.5, 0.6) is 28.7 Å². The largest absolute Gasteiger partial charge is 0.493 e. The van der Waals surface area contributed by atoms with Gasteiger partial charge in [-0.05, 0) is 35.9 Å². The van der Waals surface area contributed by atoms with Crippen molar-refractivity contribution >= 4 is 11.8 Å². The van der Waals surface area contributed by atoms with Gasteiger partial charge in [0.15, 0.2) is 28.8 Å². The summed E-state index contributed by atoms with van der Waals surface area (Å²) >= 11 is 0. The minimum absolute atomic E-state index is 0.0637. The van der Waals surface area contributed by atoms with Crippen LogP contribution in [0.2, 0.25) is 0 Å². The third-order valence-electron chi connectivity index (χ3n) is 4.65. The van der Waals surface area contributed by atoms with E-state index in [2.05, 4.69) is 0 Å². The number of Topliss-reactive ketones (excluding diaryl/α,β-unsaturated/α-hetero) is 1. The fraction of sp³-hybridized carbons (Fsp3) is 0.300. The lowest BCUT2D eigenvalue weighted by atomic mass is 9.91. The van der Waals surface area contributed by atoms with E-state index < -0.39 is 11.9 Å². The molecule has 146 valence electrons. The van der Waals surface area contributed by atoms with Crippen LogP contribution in [0.3, 0.4) is 0 Å². The highest BCUT2D eigenvalue weighted by atomic mass is 16.7. The number of carbonyl (C=O) groups is 2. The molecule has 0 amide bonds. The molecule has 0 saturated heterocycles. The first kappa shape index (κ1) is 18.0. The number of esters is 1. The van der Waals surface area contributed by atoms with Crippen LogP contribution in [-0.4, -0.2) is 39.6 Å². The van der Waals surface area contributed by atoms with Crippen LogP contribution in [0, 0.1) is 0 Å². The number of methoxy groups -OCH3 is 2. The molecule has 4 rings (SSSR count). The maximum atomic E-state index is 12.8. The maximum absolute atomic E-state index is 12.8. The molecule has 0 fully saturated rings. The van der Waals surface area contributed by atoms with Gasteiger partial charge in [-0.2, -0.15) is 0 Å². The van der Waals surface area contributed by atoms with E-state index in [4.69, 9.17) is 28.4 Å². The molecule has 2 aliphatic rings. The van der Waals surface area contributed by atoms with Crippen LogP contribution in [-0.2, 0) is 9.53 Å². The van der Waals surface area contributed by atoms with Gasteiger partial charge in [0.1, 0.15) is 0 Å². The van der Waals surface area contributed by atoms with Crippen LogP contribution in [0.1, 0.15) is 28.3 Å². The van der Waals surface area contributed by atoms with Crippen molar-refractivity contribution in [3.63, 3.8) is 0 Å². The number of fused-ring (bicyclic) bond motifs is 2. The number of ketones is 1. The number of carbonyl (C=O) groups excluding carboxylic acids is 2. The number of hydrogen-bond donors (Lipinski definition) is 0. The van der Waals surface area contributed by atoms with Gasteiger partial charge in [0, 0.05) is 12.0 Å². The van der Waals surface area contributed by atoms with Gasteiger partial charge in [-0.15, -0.1) is 0 Å². The summed E-state index contributed by atoms with van der Waals surface area (Å²) < 4.78 is 31.6. The van der Waals surface area contributed by atoms with Gasteiger partial charge in [0.05, 0.1) is 20.1 Å². The zero-order valence-electron chi connectivity index (χ0n) is 15.4. The highest BCUT2D eigenvalue weighted by molar-refractivity contribution is 6.00. The van der Waals surface area contributed by atoms with E-state index in [1.807, 2.05) is 0 Å². The predicted molar refractivity (Wildman–Crippen MR) is 95.4 cm³/mol. The summed E-state index contributed by atoms with van der Waals surface area (Å²) in [6.45, 7) is 0.183. The third kappa shape index (κ3) is 3.17. The smallest absolute Gasteiger partial charge is 0.313 e. The molecule has 0 aromatic heterocycles. The van der Waals surface area contributed by atoms with Gasteiger partial charge in [0.25, 0.3) is 0 Å². The van der Waals surface area contributed by atoms with Crippen molar-refractivity contribution < 1.29 is 38.0 Å². The van der Waals surface area contributed by atoms with Crippen LogP contribution in [0.4, 0.5) is 0 Å². The zero-order chi connectivity index (χ0) is 19.7. The van der Waals surface area contributed by atoms with Gasteiger partial charge in [0.2, 0.25) is 19.3 Å². The highest BCUT2D eigenvalue weighted by Crippen LogP contribution is 2.44. The molecule has 0 spiro atoms. The SMILES string of the molecule is COC(=O)C(CC(=O)c1ccc2c(c1)OCO2)c1cc(OC)c2c(c1)OCO2. The summed E-state index contributed by atoms with van der Waals surface area (Å²) in [6.07, 6.45) is -0.0882. The number of rotatable bonds is 6. The van der Waals surface area contributed by atoms with E-state index in [0.717, 1.165) is 0 Å². The number of hydrogen-bond acceptors (Lipinski definition) is 8. The molecule has 28 heavy (non-hydrogen) atoms. The fourth-order valence-electron chi connectivity index (χ4n) is 3.20. The Kier molecular flexibility index (Phi) is 4.68. The molecular formula is C20H18O8. The molecule has 1 unspecified atom stereocenters. The first-order valence-corrected chi connectivity index (χ1v) is 8.59. The molecule has 8 heteroatoms. The fourth-order valence-corrected chi connectivity index (χ4v) is 3.20. The molecule has 8 nitrogen and oxygen atoms in total. The van der Waals surface area contributed by atoms with E-state index in [1.54, 1.807) is 30.3 Å². The first-order chi connectivity index (χ1) is 13.6. The monoisotopic (exact) mass is 386 g/mol. The van der Waals surface area contributed by atoms with Crippen LogP contribution in [0.15, 0.2) is 30.3 Å². The van der Waals surface area contributed by atoms with Crippen molar-refractivity contribution in [1.29, 1.82) is 0 Å². The lowest BCUT2D eigenvalue weighted by Gasteiger charge is -2.16. The first-order valence-electron chi connectivity index (χ1n) is 8.59. The van der Waals surface area contributed by atoms with E-state index in [0.29, 0.717) is 39.9 Å². The molecule has 0 aliphatic carbocycles. The minimum Gasteiger partial charge on any atom is -0.493 e. The van der Waals surface area contributed by atoms with E-state index >= 15 is 0 Å². The minimum atomic E-state index is -0.827. The van der Waals surface area contributed by atoms with E-state index in [-0.39, 0.29) is 25.8 Å². The Balaban J connectivity index is 1.64. The average Bonchev–Trinajstić information content (AvgIpc) is 3.38. The summed E-state index contributed by atoms with van der Waals surface area (Å²) in [5, 5.41) is 0.